The van der Waals surface area contributed by atoms with Crippen molar-refractivity contribution in [1.82, 2.24) is 10.6 Å². The third-order valence-electron chi connectivity index (χ3n) is 3.30. The van der Waals surface area contributed by atoms with Gasteiger partial charge in [0.15, 0.2) is 0 Å². The van der Waals surface area contributed by atoms with Crippen molar-refractivity contribution in [2.24, 2.45) is 0 Å². The van der Waals surface area contributed by atoms with Crippen molar-refractivity contribution in [3.8, 4) is 0 Å². The van der Waals surface area contributed by atoms with Crippen LogP contribution in [0.5, 0.6) is 0 Å². The van der Waals surface area contributed by atoms with Gasteiger partial charge in [-0.25, -0.2) is 4.39 Å². The summed E-state index contributed by atoms with van der Waals surface area (Å²) in [5.74, 6) is -1.25. The fourth-order valence-corrected chi connectivity index (χ4v) is 2.73. The van der Waals surface area contributed by atoms with E-state index in [2.05, 4.69) is 10.6 Å². The Hall–Kier alpha value is -1.82. The minimum Gasteiger partial charge on any atom is -0.352 e. The molecule has 2 N–H and O–H groups in total. The summed E-state index contributed by atoms with van der Waals surface area (Å²) in [4.78, 5) is 23.8. The lowest BCUT2D eigenvalue weighted by Gasteiger charge is -2.09. The van der Waals surface area contributed by atoms with Crippen LogP contribution < -0.4 is 10.6 Å². The molecular formula is C17H14Cl3FN2O2. The Bertz CT molecular complexity index is 799. The first-order valence-electron chi connectivity index (χ1n) is 7.30. The lowest BCUT2D eigenvalue weighted by molar-refractivity contribution is -0.121. The van der Waals surface area contributed by atoms with Crippen molar-refractivity contribution in [3.05, 3.63) is 68.4 Å². The molecule has 0 atom stereocenters. The molecule has 25 heavy (non-hydrogen) atoms. The monoisotopic (exact) mass is 402 g/mol. The van der Waals surface area contributed by atoms with Gasteiger partial charge in [0.25, 0.3) is 5.91 Å². The summed E-state index contributed by atoms with van der Waals surface area (Å²) in [5, 5.41) is 6.25. The second-order valence-electron chi connectivity index (χ2n) is 5.14. The molecule has 0 bridgehead atoms. The van der Waals surface area contributed by atoms with Crippen molar-refractivity contribution in [1.29, 1.82) is 0 Å². The number of rotatable bonds is 6. The highest BCUT2D eigenvalue weighted by Crippen LogP contribution is 2.20. The van der Waals surface area contributed by atoms with E-state index in [4.69, 9.17) is 34.8 Å². The van der Waals surface area contributed by atoms with Crippen LogP contribution in [0, 0.1) is 5.82 Å². The van der Waals surface area contributed by atoms with Gasteiger partial charge in [-0.05, 0) is 35.9 Å². The number of hydrogen-bond acceptors (Lipinski definition) is 2. The third-order valence-corrected chi connectivity index (χ3v) is 4.20. The zero-order chi connectivity index (χ0) is 18.4. The molecule has 0 aromatic heterocycles. The summed E-state index contributed by atoms with van der Waals surface area (Å²) in [6, 6.07) is 8.49. The Morgan fingerprint density at radius 1 is 0.960 bits per heavy atom. The zero-order valence-corrected chi connectivity index (χ0v) is 15.2. The topological polar surface area (TPSA) is 58.2 Å². The maximum Gasteiger partial charge on any atom is 0.252 e. The fourth-order valence-electron chi connectivity index (χ4n) is 2.01. The van der Waals surface area contributed by atoms with E-state index in [0.29, 0.717) is 10.0 Å². The molecule has 0 aliphatic carbocycles. The molecule has 132 valence electrons. The van der Waals surface area contributed by atoms with E-state index in [-0.39, 0.29) is 36.0 Å². The minimum absolute atomic E-state index is 0.0133. The molecule has 0 saturated carbocycles. The predicted octanol–water partition coefficient (Wildman–Crippen LogP) is 4.22. The Kier molecular flexibility index (Phi) is 7.05. The number of halogens is 4. The van der Waals surface area contributed by atoms with Crippen LogP contribution in [0.2, 0.25) is 15.1 Å². The molecular weight excluding hydrogens is 390 g/mol. The largest absolute Gasteiger partial charge is 0.352 e. The Morgan fingerprint density at radius 3 is 2.40 bits per heavy atom. The van der Waals surface area contributed by atoms with E-state index in [1.165, 1.54) is 6.07 Å². The quantitative estimate of drug-likeness (QED) is 0.758. The SMILES string of the molecule is O=C(CCNC(=O)c1ccc(F)cc1Cl)NCc1ccc(Cl)cc1Cl. The predicted molar refractivity (Wildman–Crippen MR) is 96.7 cm³/mol. The van der Waals surface area contributed by atoms with Gasteiger partial charge < -0.3 is 10.6 Å². The van der Waals surface area contributed by atoms with Gasteiger partial charge >= 0.3 is 0 Å². The van der Waals surface area contributed by atoms with Crippen LogP contribution in [0.3, 0.4) is 0 Å². The highest BCUT2D eigenvalue weighted by atomic mass is 35.5. The second kappa shape index (κ2) is 9.04. The van der Waals surface area contributed by atoms with Gasteiger partial charge in [0, 0.05) is 29.6 Å². The average molecular weight is 404 g/mol. The van der Waals surface area contributed by atoms with Crippen molar-refractivity contribution in [2.75, 3.05) is 6.54 Å². The first kappa shape index (κ1) is 19.5. The van der Waals surface area contributed by atoms with Crippen LogP contribution in [-0.4, -0.2) is 18.4 Å². The molecule has 4 nitrogen and oxygen atoms in total. The maximum absolute atomic E-state index is 13.0. The third kappa shape index (κ3) is 5.88. The lowest BCUT2D eigenvalue weighted by Crippen LogP contribution is -2.30. The van der Waals surface area contributed by atoms with E-state index in [1.54, 1.807) is 18.2 Å². The Labute approximate surface area is 159 Å². The van der Waals surface area contributed by atoms with E-state index < -0.39 is 11.7 Å². The van der Waals surface area contributed by atoms with Crippen LogP contribution in [-0.2, 0) is 11.3 Å². The van der Waals surface area contributed by atoms with Gasteiger partial charge in [-0.1, -0.05) is 40.9 Å². The molecule has 8 heteroatoms. The van der Waals surface area contributed by atoms with Crippen LogP contribution in [0.15, 0.2) is 36.4 Å². The number of carbonyl (C=O) groups is 2. The summed E-state index contributed by atoms with van der Waals surface area (Å²) in [7, 11) is 0. The van der Waals surface area contributed by atoms with Crippen molar-refractivity contribution in [3.63, 3.8) is 0 Å². The molecule has 0 aliphatic rings. The number of nitrogens with one attached hydrogen (secondary N) is 2. The minimum atomic E-state index is -0.526. The molecule has 2 rings (SSSR count). The van der Waals surface area contributed by atoms with Gasteiger partial charge in [0.1, 0.15) is 5.82 Å². The molecule has 2 amide bonds. The van der Waals surface area contributed by atoms with Gasteiger partial charge in [-0.2, -0.15) is 0 Å². The molecule has 0 radical (unpaired) electrons. The van der Waals surface area contributed by atoms with Crippen LogP contribution >= 0.6 is 34.8 Å². The molecule has 0 aliphatic heterocycles. The summed E-state index contributed by atoms with van der Waals surface area (Å²) in [5.41, 5.74) is 0.887. The highest BCUT2D eigenvalue weighted by Gasteiger charge is 2.11. The first-order chi connectivity index (χ1) is 11.9. The summed E-state index contributed by atoms with van der Waals surface area (Å²) in [6.45, 7) is 0.374. The number of hydrogen-bond donors (Lipinski definition) is 2. The molecule has 2 aromatic rings. The maximum atomic E-state index is 13.0. The van der Waals surface area contributed by atoms with Crippen molar-refractivity contribution in [2.45, 2.75) is 13.0 Å². The molecule has 0 spiro atoms. The van der Waals surface area contributed by atoms with E-state index in [1.807, 2.05) is 0 Å². The summed E-state index contributed by atoms with van der Waals surface area (Å²) < 4.78 is 13.0. The Balaban J connectivity index is 1.77. The number of carbonyl (C=O) groups excluding carboxylic acids is 2. The normalized spacial score (nSPS) is 10.4. The number of amides is 2. The lowest BCUT2D eigenvalue weighted by atomic mass is 10.2. The molecule has 0 heterocycles. The molecule has 2 aromatic carbocycles. The average Bonchev–Trinajstić information content (AvgIpc) is 2.53. The highest BCUT2D eigenvalue weighted by molar-refractivity contribution is 6.35. The second-order valence-corrected chi connectivity index (χ2v) is 6.39. The van der Waals surface area contributed by atoms with Gasteiger partial charge in [-0.3, -0.25) is 9.59 Å². The van der Waals surface area contributed by atoms with Crippen LogP contribution in [0.1, 0.15) is 22.3 Å². The number of benzene rings is 2. The molecule has 0 saturated heterocycles. The first-order valence-corrected chi connectivity index (χ1v) is 8.44. The van der Waals surface area contributed by atoms with Crippen molar-refractivity contribution >= 4 is 46.6 Å². The molecule has 0 unspecified atom stereocenters. The summed E-state index contributed by atoms with van der Waals surface area (Å²) >= 11 is 17.6. The van der Waals surface area contributed by atoms with Crippen LogP contribution in [0.4, 0.5) is 4.39 Å². The van der Waals surface area contributed by atoms with Gasteiger partial charge in [-0.15, -0.1) is 0 Å². The van der Waals surface area contributed by atoms with Crippen molar-refractivity contribution < 1.29 is 14.0 Å². The Morgan fingerprint density at radius 2 is 1.72 bits per heavy atom. The van der Waals surface area contributed by atoms with E-state index in [9.17, 15) is 14.0 Å². The molecule has 0 fully saturated rings. The summed E-state index contributed by atoms with van der Waals surface area (Å²) in [6.07, 6.45) is 0.0791. The smallest absolute Gasteiger partial charge is 0.252 e. The van der Waals surface area contributed by atoms with E-state index >= 15 is 0 Å². The standard InChI is InChI=1S/C17H14Cl3FN2O2/c18-11-2-1-10(14(19)7-11)9-23-16(24)5-6-22-17(25)13-4-3-12(21)8-15(13)20/h1-4,7-8H,5-6,9H2,(H,22,25)(H,23,24). The fraction of sp³-hybridized carbons (Fsp3) is 0.176. The van der Waals surface area contributed by atoms with E-state index in [0.717, 1.165) is 17.7 Å². The zero-order valence-electron chi connectivity index (χ0n) is 12.9. The van der Waals surface area contributed by atoms with Crippen LogP contribution in [0.25, 0.3) is 0 Å². The van der Waals surface area contributed by atoms with Gasteiger partial charge in [0.05, 0.1) is 10.6 Å². The van der Waals surface area contributed by atoms with Gasteiger partial charge in [0.2, 0.25) is 5.91 Å².